The first kappa shape index (κ1) is 14.6. The highest BCUT2D eigenvalue weighted by Crippen LogP contribution is 2.29. The van der Waals surface area contributed by atoms with E-state index in [9.17, 15) is 0 Å². The number of hydrogen-bond donors (Lipinski definition) is 1. The van der Waals surface area contributed by atoms with Crippen molar-refractivity contribution in [2.45, 2.75) is 24.3 Å². The Morgan fingerprint density at radius 1 is 1.24 bits per heavy atom. The highest BCUT2D eigenvalue weighted by molar-refractivity contribution is 7.98. The van der Waals surface area contributed by atoms with Gasteiger partial charge >= 0.3 is 0 Å². The van der Waals surface area contributed by atoms with Gasteiger partial charge in [-0.15, -0.1) is 11.8 Å². The molecule has 0 bridgehead atoms. The lowest BCUT2D eigenvalue weighted by Gasteiger charge is -2.30. The molecule has 17 heavy (non-hydrogen) atoms. The van der Waals surface area contributed by atoms with Crippen molar-refractivity contribution in [3.8, 4) is 0 Å². The molecule has 0 fully saturated rings. The number of thioether (sulfide) groups is 1. The standard InChI is InChI=1S/C14H24N2S/c1-11(9-10-15)14(16(2)3)12-5-7-13(17-4)8-6-12/h5-8,11,14H,9-10,15H2,1-4H3. The molecule has 2 atom stereocenters. The zero-order valence-electron chi connectivity index (χ0n) is 11.3. The molecular weight excluding hydrogens is 228 g/mol. The molecule has 0 aliphatic heterocycles. The fourth-order valence-corrected chi connectivity index (χ4v) is 2.77. The van der Waals surface area contributed by atoms with E-state index in [0.717, 1.165) is 13.0 Å². The van der Waals surface area contributed by atoms with Gasteiger partial charge in [-0.3, -0.25) is 0 Å². The minimum absolute atomic E-state index is 0.453. The first-order chi connectivity index (χ1) is 8.10. The molecule has 0 saturated carbocycles. The van der Waals surface area contributed by atoms with Crippen molar-refractivity contribution in [3.05, 3.63) is 29.8 Å². The van der Waals surface area contributed by atoms with E-state index >= 15 is 0 Å². The molecule has 1 aromatic carbocycles. The third kappa shape index (κ3) is 4.02. The largest absolute Gasteiger partial charge is 0.330 e. The highest BCUT2D eigenvalue weighted by atomic mass is 32.2. The van der Waals surface area contributed by atoms with Crippen molar-refractivity contribution in [2.24, 2.45) is 11.7 Å². The van der Waals surface area contributed by atoms with Crippen molar-refractivity contribution in [2.75, 3.05) is 26.9 Å². The molecule has 0 spiro atoms. The van der Waals surface area contributed by atoms with E-state index in [4.69, 9.17) is 5.73 Å². The molecule has 2 unspecified atom stereocenters. The lowest BCUT2D eigenvalue weighted by Crippen LogP contribution is -2.27. The van der Waals surface area contributed by atoms with Crippen LogP contribution in [0, 0.1) is 5.92 Å². The van der Waals surface area contributed by atoms with Gasteiger partial charge in [-0.1, -0.05) is 19.1 Å². The van der Waals surface area contributed by atoms with Gasteiger partial charge in [0.2, 0.25) is 0 Å². The maximum Gasteiger partial charge on any atom is 0.0368 e. The molecule has 2 nitrogen and oxygen atoms in total. The maximum absolute atomic E-state index is 5.67. The van der Waals surface area contributed by atoms with Gasteiger partial charge in [0.05, 0.1) is 0 Å². The zero-order valence-corrected chi connectivity index (χ0v) is 12.1. The summed E-state index contributed by atoms with van der Waals surface area (Å²) < 4.78 is 0. The molecule has 3 heteroatoms. The average Bonchev–Trinajstić information content (AvgIpc) is 2.30. The van der Waals surface area contributed by atoms with E-state index in [-0.39, 0.29) is 0 Å². The summed E-state index contributed by atoms with van der Waals surface area (Å²) in [6.45, 7) is 3.04. The molecule has 0 aromatic heterocycles. The summed E-state index contributed by atoms with van der Waals surface area (Å²) in [6.07, 6.45) is 3.17. The van der Waals surface area contributed by atoms with Gasteiger partial charge in [-0.25, -0.2) is 0 Å². The van der Waals surface area contributed by atoms with E-state index in [1.165, 1.54) is 10.5 Å². The molecule has 0 amide bonds. The maximum atomic E-state index is 5.67. The molecule has 0 radical (unpaired) electrons. The number of benzene rings is 1. The molecule has 1 rings (SSSR count). The van der Waals surface area contributed by atoms with E-state index in [0.29, 0.717) is 12.0 Å². The monoisotopic (exact) mass is 252 g/mol. The van der Waals surface area contributed by atoms with E-state index in [2.05, 4.69) is 56.4 Å². The van der Waals surface area contributed by atoms with Crippen LogP contribution in [0.2, 0.25) is 0 Å². The molecule has 0 heterocycles. The molecule has 2 N–H and O–H groups in total. The van der Waals surface area contributed by atoms with Gasteiger partial charge in [-0.05, 0) is 56.9 Å². The van der Waals surface area contributed by atoms with E-state index < -0.39 is 0 Å². The summed E-state index contributed by atoms with van der Waals surface area (Å²) >= 11 is 1.78. The Kier molecular flexibility index (Phi) is 6.03. The van der Waals surface area contributed by atoms with Crippen LogP contribution in [0.25, 0.3) is 0 Å². The van der Waals surface area contributed by atoms with E-state index in [1.807, 2.05) is 0 Å². The van der Waals surface area contributed by atoms with Gasteiger partial charge < -0.3 is 10.6 Å². The van der Waals surface area contributed by atoms with Gasteiger partial charge in [0.25, 0.3) is 0 Å². The molecule has 96 valence electrons. The van der Waals surface area contributed by atoms with Crippen LogP contribution in [0.3, 0.4) is 0 Å². The van der Waals surface area contributed by atoms with Crippen LogP contribution >= 0.6 is 11.8 Å². The van der Waals surface area contributed by atoms with Crippen LogP contribution in [0.5, 0.6) is 0 Å². The Morgan fingerprint density at radius 2 is 1.82 bits per heavy atom. The summed E-state index contributed by atoms with van der Waals surface area (Å²) in [5.74, 6) is 0.579. The van der Waals surface area contributed by atoms with Crippen molar-refractivity contribution >= 4 is 11.8 Å². The Hall–Kier alpha value is -0.510. The SMILES string of the molecule is CSc1ccc(C(C(C)CCN)N(C)C)cc1. The number of rotatable bonds is 6. The van der Waals surface area contributed by atoms with Gasteiger partial charge in [0.15, 0.2) is 0 Å². The van der Waals surface area contributed by atoms with Crippen molar-refractivity contribution in [3.63, 3.8) is 0 Å². The van der Waals surface area contributed by atoms with Gasteiger partial charge in [0, 0.05) is 10.9 Å². The third-order valence-corrected chi connectivity index (χ3v) is 3.92. The second-order valence-corrected chi connectivity index (χ2v) is 5.62. The lowest BCUT2D eigenvalue weighted by molar-refractivity contribution is 0.217. The highest BCUT2D eigenvalue weighted by Gasteiger charge is 2.20. The van der Waals surface area contributed by atoms with Crippen LogP contribution in [0.4, 0.5) is 0 Å². The third-order valence-electron chi connectivity index (χ3n) is 3.17. The molecule has 1 aromatic rings. The average molecular weight is 252 g/mol. The minimum Gasteiger partial charge on any atom is -0.330 e. The normalized spacial score (nSPS) is 14.9. The predicted molar refractivity (Wildman–Crippen MR) is 77.5 cm³/mol. The van der Waals surface area contributed by atoms with Gasteiger partial charge in [0.1, 0.15) is 0 Å². The number of nitrogens with two attached hydrogens (primary N) is 1. The predicted octanol–water partition coefficient (Wildman–Crippen LogP) is 3.00. The summed E-state index contributed by atoms with van der Waals surface area (Å²) in [5, 5.41) is 0. The van der Waals surface area contributed by atoms with Crippen molar-refractivity contribution in [1.82, 2.24) is 4.90 Å². The van der Waals surface area contributed by atoms with Crippen LogP contribution in [0.15, 0.2) is 29.2 Å². The smallest absolute Gasteiger partial charge is 0.0368 e. The summed E-state index contributed by atoms with van der Waals surface area (Å²) in [5.41, 5.74) is 7.05. The first-order valence-electron chi connectivity index (χ1n) is 6.10. The fourth-order valence-electron chi connectivity index (χ4n) is 2.36. The Bertz CT molecular complexity index is 321. The number of hydrogen-bond acceptors (Lipinski definition) is 3. The van der Waals surface area contributed by atoms with Crippen LogP contribution in [-0.2, 0) is 0 Å². The van der Waals surface area contributed by atoms with Crippen LogP contribution in [-0.4, -0.2) is 31.8 Å². The zero-order chi connectivity index (χ0) is 12.8. The molecule has 0 saturated heterocycles. The Balaban J connectivity index is 2.89. The topological polar surface area (TPSA) is 29.3 Å². The summed E-state index contributed by atoms with van der Waals surface area (Å²) in [7, 11) is 4.28. The second kappa shape index (κ2) is 7.04. The Labute approximate surface area is 110 Å². The second-order valence-electron chi connectivity index (χ2n) is 4.74. The van der Waals surface area contributed by atoms with E-state index in [1.54, 1.807) is 11.8 Å². The van der Waals surface area contributed by atoms with Crippen molar-refractivity contribution in [1.29, 1.82) is 0 Å². The van der Waals surface area contributed by atoms with Gasteiger partial charge in [-0.2, -0.15) is 0 Å². The number of nitrogens with zero attached hydrogens (tertiary/aromatic N) is 1. The molecule has 0 aliphatic carbocycles. The van der Waals surface area contributed by atoms with Crippen molar-refractivity contribution < 1.29 is 0 Å². The quantitative estimate of drug-likeness (QED) is 0.789. The summed E-state index contributed by atoms with van der Waals surface area (Å²) in [6, 6.07) is 9.33. The first-order valence-corrected chi connectivity index (χ1v) is 7.33. The minimum atomic E-state index is 0.453. The Morgan fingerprint density at radius 3 is 2.24 bits per heavy atom. The van der Waals surface area contributed by atoms with Crippen LogP contribution < -0.4 is 5.73 Å². The fraction of sp³-hybridized carbons (Fsp3) is 0.571. The molecular formula is C14H24N2S. The molecule has 0 aliphatic rings. The van der Waals surface area contributed by atoms with Crippen LogP contribution in [0.1, 0.15) is 24.9 Å². The summed E-state index contributed by atoms with van der Waals surface area (Å²) in [4.78, 5) is 3.60. The lowest BCUT2D eigenvalue weighted by atomic mass is 9.91.